The zero-order chi connectivity index (χ0) is 20.8. The summed E-state index contributed by atoms with van der Waals surface area (Å²) in [6.07, 6.45) is 9.83. The molecule has 1 aromatic heterocycles. The first-order valence-electron chi connectivity index (χ1n) is 11.6. The molecule has 1 aliphatic carbocycles. The topological polar surface area (TPSA) is 72.5 Å². The smallest absolute Gasteiger partial charge is 0.225 e. The summed E-state index contributed by atoms with van der Waals surface area (Å²) in [7, 11) is 0. The second-order valence-corrected chi connectivity index (χ2v) is 8.62. The molecule has 2 heterocycles. The molecule has 1 aromatic carbocycles. The van der Waals surface area contributed by atoms with Gasteiger partial charge in [-0.3, -0.25) is 9.79 Å². The van der Waals surface area contributed by atoms with Gasteiger partial charge in [-0.1, -0.05) is 37.5 Å². The summed E-state index contributed by atoms with van der Waals surface area (Å²) in [4.78, 5) is 23.0. The summed E-state index contributed by atoms with van der Waals surface area (Å²) < 4.78 is 0. The van der Waals surface area contributed by atoms with E-state index in [2.05, 4.69) is 57.9 Å². The number of aromatic nitrogens is 1. The zero-order valence-corrected chi connectivity index (χ0v) is 20.9. The first-order chi connectivity index (χ1) is 14.7. The van der Waals surface area contributed by atoms with Gasteiger partial charge in [0.25, 0.3) is 0 Å². The molecule has 0 spiro atoms. The van der Waals surface area contributed by atoms with E-state index < -0.39 is 0 Å². The number of carbonyl (C=O) groups is 1. The Morgan fingerprint density at radius 3 is 2.81 bits per heavy atom. The Hall–Kier alpha value is -1.77. The molecule has 1 unspecified atom stereocenters. The fourth-order valence-corrected chi connectivity index (χ4v) is 4.83. The monoisotopic (exact) mass is 537 g/mol. The van der Waals surface area contributed by atoms with Crippen LogP contribution in [0.25, 0.3) is 10.9 Å². The largest absolute Gasteiger partial charge is 0.361 e. The first-order valence-corrected chi connectivity index (χ1v) is 11.6. The van der Waals surface area contributed by atoms with Crippen molar-refractivity contribution in [3.05, 3.63) is 36.0 Å². The van der Waals surface area contributed by atoms with Crippen molar-refractivity contribution in [2.75, 3.05) is 26.2 Å². The number of hydrogen-bond acceptors (Lipinski definition) is 2. The minimum absolute atomic E-state index is 0. The number of carbonyl (C=O) groups excluding carboxylic acids is 1. The van der Waals surface area contributed by atoms with E-state index in [0.717, 1.165) is 57.8 Å². The van der Waals surface area contributed by atoms with Crippen LogP contribution in [0.4, 0.5) is 0 Å². The maximum Gasteiger partial charge on any atom is 0.225 e. The van der Waals surface area contributed by atoms with Crippen LogP contribution in [-0.4, -0.2) is 54.0 Å². The lowest BCUT2D eigenvalue weighted by molar-refractivity contribution is -0.135. The second-order valence-electron chi connectivity index (χ2n) is 8.62. The fourth-order valence-electron chi connectivity index (χ4n) is 4.83. The predicted octanol–water partition coefficient (Wildman–Crippen LogP) is 4.06. The van der Waals surface area contributed by atoms with Gasteiger partial charge in [-0.2, -0.15) is 0 Å². The van der Waals surface area contributed by atoms with Gasteiger partial charge >= 0.3 is 0 Å². The number of nitrogens with zero attached hydrogens (tertiary/aromatic N) is 2. The number of fused-ring (bicyclic) bond motifs is 1. The Balaban J connectivity index is 0.00000272. The summed E-state index contributed by atoms with van der Waals surface area (Å²) in [5.74, 6) is 1.49. The predicted molar refractivity (Wildman–Crippen MR) is 138 cm³/mol. The molecule has 1 aliphatic heterocycles. The van der Waals surface area contributed by atoms with Gasteiger partial charge in [0.1, 0.15) is 0 Å². The van der Waals surface area contributed by atoms with E-state index in [1.165, 1.54) is 35.7 Å². The van der Waals surface area contributed by atoms with Gasteiger partial charge in [-0.25, -0.2) is 0 Å². The van der Waals surface area contributed by atoms with Crippen LogP contribution < -0.4 is 10.6 Å². The first kappa shape index (κ1) is 23.9. The molecule has 4 rings (SSSR count). The number of amides is 1. The molecule has 1 amide bonds. The molecule has 31 heavy (non-hydrogen) atoms. The van der Waals surface area contributed by atoms with E-state index in [0.29, 0.717) is 5.91 Å². The van der Waals surface area contributed by atoms with E-state index in [1.807, 2.05) is 0 Å². The van der Waals surface area contributed by atoms with Crippen molar-refractivity contribution in [1.82, 2.24) is 20.5 Å². The van der Waals surface area contributed by atoms with E-state index in [9.17, 15) is 4.79 Å². The Kier molecular flexibility index (Phi) is 9.04. The van der Waals surface area contributed by atoms with Crippen molar-refractivity contribution >= 4 is 46.7 Å². The third-order valence-electron chi connectivity index (χ3n) is 6.47. The van der Waals surface area contributed by atoms with Crippen LogP contribution >= 0.6 is 24.0 Å². The van der Waals surface area contributed by atoms with Crippen molar-refractivity contribution in [2.45, 2.75) is 57.9 Å². The van der Waals surface area contributed by atoms with Crippen LogP contribution in [0.1, 0.15) is 51.0 Å². The van der Waals surface area contributed by atoms with E-state index >= 15 is 0 Å². The van der Waals surface area contributed by atoms with Crippen LogP contribution in [0, 0.1) is 5.92 Å². The highest BCUT2D eigenvalue weighted by Crippen LogP contribution is 2.26. The van der Waals surface area contributed by atoms with Gasteiger partial charge < -0.3 is 20.5 Å². The molecule has 0 bridgehead atoms. The van der Waals surface area contributed by atoms with Gasteiger partial charge in [0.05, 0.1) is 0 Å². The van der Waals surface area contributed by atoms with Crippen LogP contribution in [0.15, 0.2) is 35.5 Å². The maximum atomic E-state index is 12.8. The molecule has 0 radical (unpaired) electrons. The number of aromatic amines is 1. The molecule has 1 saturated heterocycles. The number of nitrogens with one attached hydrogen (secondary N) is 3. The van der Waals surface area contributed by atoms with Crippen LogP contribution in [-0.2, 0) is 11.2 Å². The Labute approximate surface area is 202 Å². The highest BCUT2D eigenvalue weighted by molar-refractivity contribution is 14.0. The van der Waals surface area contributed by atoms with Gasteiger partial charge in [0.2, 0.25) is 5.91 Å². The standard InChI is InChI=1S/C24H35N5O.HI/c1-2-25-24(26-14-12-19-16-27-22-11-7-6-10-21(19)22)28-20-13-15-29(17-20)23(30)18-8-4-3-5-9-18;/h6-7,10-11,16,18,20,27H,2-5,8-9,12-15,17H2,1H3,(H2,25,26,28);1H. The minimum Gasteiger partial charge on any atom is -0.361 e. The van der Waals surface area contributed by atoms with Crippen molar-refractivity contribution in [3.8, 4) is 0 Å². The number of H-pyrrole nitrogens is 1. The molecular formula is C24H36IN5O. The lowest BCUT2D eigenvalue weighted by atomic mass is 9.88. The minimum atomic E-state index is 0. The van der Waals surface area contributed by atoms with Crippen molar-refractivity contribution in [2.24, 2.45) is 10.9 Å². The second kappa shape index (κ2) is 11.7. The molecule has 1 saturated carbocycles. The highest BCUT2D eigenvalue weighted by Gasteiger charge is 2.31. The lowest BCUT2D eigenvalue weighted by Gasteiger charge is -2.26. The molecule has 2 fully saturated rings. The molecule has 6 nitrogen and oxygen atoms in total. The third-order valence-corrected chi connectivity index (χ3v) is 6.47. The Bertz CT molecular complexity index is 874. The quantitative estimate of drug-likeness (QED) is 0.296. The van der Waals surface area contributed by atoms with Crippen LogP contribution in [0.5, 0.6) is 0 Å². The zero-order valence-electron chi connectivity index (χ0n) is 18.5. The number of rotatable bonds is 6. The van der Waals surface area contributed by atoms with Gasteiger partial charge in [0, 0.05) is 55.2 Å². The summed E-state index contributed by atoms with van der Waals surface area (Å²) in [6.45, 7) is 5.30. The van der Waals surface area contributed by atoms with Crippen molar-refractivity contribution in [3.63, 3.8) is 0 Å². The lowest BCUT2D eigenvalue weighted by Crippen LogP contribution is -2.45. The number of guanidine groups is 1. The van der Waals surface area contributed by atoms with Crippen LogP contribution in [0.2, 0.25) is 0 Å². The SMILES string of the molecule is CCNC(=NCCc1c[nH]c2ccccc12)NC1CCN(C(=O)C2CCCCC2)C1.I. The average Bonchev–Trinajstić information content (AvgIpc) is 3.41. The normalized spacial score (nSPS) is 20.0. The molecule has 2 aromatic rings. The Morgan fingerprint density at radius 2 is 2.00 bits per heavy atom. The summed E-state index contributed by atoms with van der Waals surface area (Å²) in [6, 6.07) is 8.68. The number of aliphatic imine (C=N–C) groups is 1. The van der Waals surface area contributed by atoms with Crippen molar-refractivity contribution in [1.29, 1.82) is 0 Å². The molecule has 2 aliphatic rings. The third kappa shape index (κ3) is 6.14. The molecule has 3 N–H and O–H groups in total. The highest BCUT2D eigenvalue weighted by atomic mass is 127. The van der Waals surface area contributed by atoms with Gasteiger partial charge in [0.15, 0.2) is 5.96 Å². The number of benzene rings is 1. The summed E-state index contributed by atoms with van der Waals surface area (Å²) >= 11 is 0. The number of likely N-dealkylation sites (tertiary alicyclic amines) is 1. The molecule has 1 atom stereocenters. The van der Waals surface area contributed by atoms with E-state index in [1.54, 1.807) is 0 Å². The Morgan fingerprint density at radius 1 is 1.19 bits per heavy atom. The number of halogens is 1. The molecule has 7 heteroatoms. The number of hydrogen-bond donors (Lipinski definition) is 3. The van der Waals surface area contributed by atoms with Crippen LogP contribution in [0.3, 0.4) is 0 Å². The average molecular weight is 537 g/mol. The summed E-state index contributed by atoms with van der Waals surface area (Å²) in [5.41, 5.74) is 2.48. The molecular weight excluding hydrogens is 501 g/mol. The fraction of sp³-hybridized carbons (Fsp3) is 0.583. The van der Waals surface area contributed by atoms with E-state index in [4.69, 9.17) is 4.99 Å². The molecule has 170 valence electrons. The number of para-hydroxylation sites is 1. The van der Waals surface area contributed by atoms with Crippen molar-refractivity contribution < 1.29 is 4.79 Å². The van der Waals surface area contributed by atoms with Gasteiger partial charge in [-0.15, -0.1) is 24.0 Å². The summed E-state index contributed by atoms with van der Waals surface area (Å²) in [5, 5.41) is 8.20. The van der Waals surface area contributed by atoms with E-state index in [-0.39, 0.29) is 35.9 Å². The maximum absolute atomic E-state index is 12.8. The van der Waals surface area contributed by atoms with Gasteiger partial charge in [-0.05, 0) is 44.2 Å².